The maximum atomic E-state index is 12.4. The zero-order chi connectivity index (χ0) is 18.1. The van der Waals surface area contributed by atoms with Crippen molar-refractivity contribution in [2.75, 3.05) is 11.4 Å². The molecule has 26 heavy (non-hydrogen) atoms. The Hall–Kier alpha value is -2.90. The number of amides is 1. The number of nitrogens with one attached hydrogen (secondary N) is 1. The highest BCUT2D eigenvalue weighted by Crippen LogP contribution is 2.25. The lowest BCUT2D eigenvalue weighted by Crippen LogP contribution is -2.45. The number of fused-ring (bicyclic) bond motifs is 1. The molecule has 2 aromatic rings. The van der Waals surface area contributed by atoms with Crippen LogP contribution in [0.15, 0.2) is 39.9 Å². The molecule has 1 amide bonds. The van der Waals surface area contributed by atoms with Gasteiger partial charge in [-0.05, 0) is 25.0 Å². The molecule has 8 heteroatoms. The van der Waals surface area contributed by atoms with Gasteiger partial charge in [0.2, 0.25) is 11.9 Å². The summed E-state index contributed by atoms with van der Waals surface area (Å²) in [6, 6.07) is 9.72. The molecule has 1 fully saturated rings. The standard InChI is InChI=1S/C18H21N5O3/c24-15(19-13-6-4-5-7-13)12-23-17(26)16(25)22-11-10-21(18(22)20-23)14-8-2-1-3-9-14/h1-3,8-9,13H,4-7,10-12H2,(H,19,24). The van der Waals surface area contributed by atoms with Gasteiger partial charge in [-0.15, -0.1) is 5.10 Å². The molecule has 1 N–H and O–H groups in total. The number of anilines is 2. The van der Waals surface area contributed by atoms with Crippen molar-refractivity contribution >= 4 is 17.5 Å². The smallest absolute Gasteiger partial charge is 0.333 e. The summed E-state index contributed by atoms with van der Waals surface area (Å²) >= 11 is 0. The van der Waals surface area contributed by atoms with Crippen LogP contribution >= 0.6 is 0 Å². The minimum atomic E-state index is -0.759. The second-order valence-corrected chi connectivity index (χ2v) is 6.76. The van der Waals surface area contributed by atoms with Gasteiger partial charge in [0.25, 0.3) is 0 Å². The lowest BCUT2D eigenvalue weighted by Gasteiger charge is -2.18. The van der Waals surface area contributed by atoms with Gasteiger partial charge in [0.05, 0.1) is 0 Å². The quantitative estimate of drug-likeness (QED) is 0.812. The van der Waals surface area contributed by atoms with Crippen molar-refractivity contribution in [3.63, 3.8) is 0 Å². The van der Waals surface area contributed by atoms with Gasteiger partial charge in [0.15, 0.2) is 0 Å². The number of carbonyl (C=O) groups excluding carboxylic acids is 1. The monoisotopic (exact) mass is 355 g/mol. The van der Waals surface area contributed by atoms with E-state index in [0.29, 0.717) is 19.0 Å². The number of benzene rings is 1. The third-order valence-corrected chi connectivity index (χ3v) is 4.98. The molecule has 1 aromatic carbocycles. The van der Waals surface area contributed by atoms with Crippen LogP contribution in [0.2, 0.25) is 0 Å². The van der Waals surface area contributed by atoms with E-state index in [0.717, 1.165) is 36.1 Å². The predicted molar refractivity (Wildman–Crippen MR) is 96.6 cm³/mol. The molecule has 0 bridgehead atoms. The molecule has 2 heterocycles. The average molecular weight is 355 g/mol. The highest BCUT2D eigenvalue weighted by molar-refractivity contribution is 5.76. The van der Waals surface area contributed by atoms with E-state index in [4.69, 9.17) is 0 Å². The summed E-state index contributed by atoms with van der Waals surface area (Å²) in [7, 11) is 0. The molecule has 0 radical (unpaired) electrons. The Morgan fingerprint density at radius 1 is 1.08 bits per heavy atom. The van der Waals surface area contributed by atoms with Crippen LogP contribution in [0.3, 0.4) is 0 Å². The molecular weight excluding hydrogens is 334 g/mol. The first-order valence-corrected chi connectivity index (χ1v) is 8.97. The van der Waals surface area contributed by atoms with Gasteiger partial charge in [-0.25, -0.2) is 4.68 Å². The van der Waals surface area contributed by atoms with Gasteiger partial charge in [-0.1, -0.05) is 31.0 Å². The van der Waals surface area contributed by atoms with Gasteiger partial charge in [-0.3, -0.25) is 19.0 Å². The minimum Gasteiger partial charge on any atom is -0.352 e. The van der Waals surface area contributed by atoms with Crippen molar-refractivity contribution < 1.29 is 4.79 Å². The Labute approximate surface area is 150 Å². The zero-order valence-electron chi connectivity index (χ0n) is 14.4. The highest BCUT2D eigenvalue weighted by atomic mass is 16.2. The number of rotatable bonds is 4. The van der Waals surface area contributed by atoms with E-state index in [1.807, 2.05) is 35.2 Å². The minimum absolute atomic E-state index is 0.162. The lowest BCUT2D eigenvalue weighted by atomic mass is 10.2. The van der Waals surface area contributed by atoms with Crippen LogP contribution in [0.1, 0.15) is 25.7 Å². The molecule has 2 aliphatic rings. The average Bonchev–Trinajstić information content (AvgIpc) is 3.30. The summed E-state index contributed by atoms with van der Waals surface area (Å²) in [6.07, 6.45) is 4.14. The Morgan fingerprint density at radius 3 is 2.54 bits per heavy atom. The molecule has 0 spiro atoms. The normalized spacial score (nSPS) is 16.7. The molecule has 4 rings (SSSR count). The second-order valence-electron chi connectivity index (χ2n) is 6.76. The number of nitrogens with zero attached hydrogens (tertiary/aromatic N) is 4. The Balaban J connectivity index is 1.62. The van der Waals surface area contributed by atoms with Crippen LogP contribution in [-0.2, 0) is 17.9 Å². The summed E-state index contributed by atoms with van der Waals surface area (Å²) in [5, 5.41) is 7.24. The van der Waals surface area contributed by atoms with Gasteiger partial charge in [0.1, 0.15) is 6.54 Å². The maximum absolute atomic E-state index is 12.4. The molecule has 0 saturated heterocycles. The topological polar surface area (TPSA) is 89.2 Å². The molecule has 8 nitrogen and oxygen atoms in total. The van der Waals surface area contributed by atoms with Crippen molar-refractivity contribution in [3.05, 3.63) is 51.0 Å². The third-order valence-electron chi connectivity index (χ3n) is 4.98. The summed E-state index contributed by atoms with van der Waals surface area (Å²) in [5.41, 5.74) is -0.501. The first-order chi connectivity index (χ1) is 12.6. The molecule has 0 unspecified atom stereocenters. The van der Waals surface area contributed by atoms with Crippen molar-refractivity contribution in [2.45, 2.75) is 44.8 Å². The summed E-state index contributed by atoms with van der Waals surface area (Å²) in [4.78, 5) is 38.9. The fourth-order valence-corrected chi connectivity index (χ4v) is 3.66. The molecule has 136 valence electrons. The summed E-state index contributed by atoms with van der Waals surface area (Å²) in [6.45, 7) is 0.728. The summed E-state index contributed by atoms with van der Waals surface area (Å²) in [5.74, 6) is 0.120. The predicted octanol–water partition coefficient (Wildman–Crippen LogP) is 0.615. The first-order valence-electron chi connectivity index (χ1n) is 8.97. The number of aromatic nitrogens is 3. The van der Waals surface area contributed by atoms with Crippen LogP contribution in [0, 0.1) is 0 Å². The van der Waals surface area contributed by atoms with Gasteiger partial charge < -0.3 is 10.2 Å². The number of hydrogen-bond donors (Lipinski definition) is 1. The van der Waals surface area contributed by atoms with Crippen molar-refractivity contribution in [2.24, 2.45) is 0 Å². The van der Waals surface area contributed by atoms with E-state index in [-0.39, 0.29) is 18.5 Å². The highest BCUT2D eigenvalue weighted by Gasteiger charge is 2.26. The fourth-order valence-electron chi connectivity index (χ4n) is 3.66. The molecular formula is C18H21N5O3. The molecule has 1 aliphatic carbocycles. The number of carbonyl (C=O) groups is 1. The van der Waals surface area contributed by atoms with E-state index in [2.05, 4.69) is 10.4 Å². The van der Waals surface area contributed by atoms with Crippen LogP contribution in [0.25, 0.3) is 0 Å². The Morgan fingerprint density at radius 2 is 1.81 bits per heavy atom. The second kappa shape index (κ2) is 6.78. The summed E-state index contributed by atoms with van der Waals surface area (Å²) < 4.78 is 2.36. The van der Waals surface area contributed by atoms with Crippen LogP contribution in [-0.4, -0.2) is 32.8 Å². The van der Waals surface area contributed by atoms with Crippen molar-refractivity contribution in [1.82, 2.24) is 19.7 Å². The first kappa shape index (κ1) is 16.6. The van der Waals surface area contributed by atoms with Gasteiger partial charge in [-0.2, -0.15) is 0 Å². The Kier molecular flexibility index (Phi) is 4.32. The van der Waals surface area contributed by atoms with E-state index >= 15 is 0 Å². The maximum Gasteiger partial charge on any atom is 0.333 e. The zero-order valence-corrected chi connectivity index (χ0v) is 14.4. The van der Waals surface area contributed by atoms with Crippen molar-refractivity contribution in [1.29, 1.82) is 0 Å². The van der Waals surface area contributed by atoms with Gasteiger partial charge >= 0.3 is 11.1 Å². The van der Waals surface area contributed by atoms with Crippen molar-refractivity contribution in [3.8, 4) is 0 Å². The lowest BCUT2D eigenvalue weighted by molar-refractivity contribution is -0.122. The molecule has 1 aliphatic heterocycles. The number of hydrogen-bond acceptors (Lipinski definition) is 5. The molecule has 1 aromatic heterocycles. The van der Waals surface area contributed by atoms with Crippen LogP contribution in [0.5, 0.6) is 0 Å². The molecule has 0 atom stereocenters. The van der Waals surface area contributed by atoms with E-state index in [9.17, 15) is 14.4 Å². The van der Waals surface area contributed by atoms with E-state index in [1.54, 1.807) is 0 Å². The van der Waals surface area contributed by atoms with E-state index < -0.39 is 11.1 Å². The fraction of sp³-hybridized carbons (Fsp3) is 0.444. The van der Waals surface area contributed by atoms with Gasteiger partial charge in [0, 0.05) is 24.8 Å². The van der Waals surface area contributed by atoms with Crippen LogP contribution < -0.4 is 21.3 Å². The largest absolute Gasteiger partial charge is 0.352 e. The molecule has 1 saturated carbocycles. The SMILES string of the molecule is O=C(Cn1nc2n(c(=O)c1=O)CCN2c1ccccc1)NC1CCCC1. The van der Waals surface area contributed by atoms with E-state index in [1.165, 1.54) is 4.57 Å². The third kappa shape index (κ3) is 3.02. The van der Waals surface area contributed by atoms with Crippen LogP contribution in [0.4, 0.5) is 11.6 Å². The number of para-hydroxylation sites is 1. The Bertz CT molecular complexity index is 928.